The zero-order valence-corrected chi connectivity index (χ0v) is 20.8. The molecule has 1 aliphatic rings. The molecule has 0 saturated carbocycles. The molecule has 5 atom stereocenters. The Labute approximate surface area is 201 Å². The standard InChI is InChI=1S/C27H38FNO5/c1-17-9-8-10-18(2)25(32)19(3)26(33)27(4,5)23(30)16-24(31)34-22(13-12-17)21(28)15-20-11-6-7-14-29-20/h6-7,11-12,14-15,18-19,22-23,25,30,32H,8-10,13,16H2,1-5H3/b17-12-,21-15-/t18-,19+,22-,23-,25-/m0/s1. The number of pyridine rings is 1. The summed E-state index contributed by atoms with van der Waals surface area (Å²) in [4.78, 5) is 29.8. The Morgan fingerprint density at radius 2 is 1.94 bits per heavy atom. The van der Waals surface area contributed by atoms with Crippen LogP contribution in [0.5, 0.6) is 0 Å². The molecule has 0 fully saturated rings. The van der Waals surface area contributed by atoms with Crippen molar-refractivity contribution in [2.45, 2.75) is 85.0 Å². The average molecular weight is 476 g/mol. The number of aliphatic hydroxyl groups excluding tert-OH is 2. The molecule has 1 aliphatic heterocycles. The topological polar surface area (TPSA) is 96.7 Å². The van der Waals surface area contributed by atoms with E-state index in [1.165, 1.54) is 6.08 Å². The van der Waals surface area contributed by atoms with Gasteiger partial charge in [0.1, 0.15) is 11.6 Å². The lowest BCUT2D eigenvalue weighted by atomic mass is 9.73. The lowest BCUT2D eigenvalue weighted by Crippen LogP contribution is -2.45. The van der Waals surface area contributed by atoms with Crippen molar-refractivity contribution in [1.82, 2.24) is 4.98 Å². The number of carbonyl (C=O) groups excluding carboxylic acids is 2. The zero-order chi connectivity index (χ0) is 25.5. The number of hydrogen-bond acceptors (Lipinski definition) is 6. The predicted molar refractivity (Wildman–Crippen MR) is 129 cm³/mol. The van der Waals surface area contributed by atoms with E-state index in [0.29, 0.717) is 5.69 Å². The molecule has 2 heterocycles. The minimum Gasteiger partial charge on any atom is -0.455 e. The quantitative estimate of drug-likeness (QED) is 0.471. The summed E-state index contributed by atoms with van der Waals surface area (Å²) in [5, 5.41) is 21.4. The van der Waals surface area contributed by atoms with E-state index in [4.69, 9.17) is 4.74 Å². The van der Waals surface area contributed by atoms with Crippen molar-refractivity contribution in [3.8, 4) is 0 Å². The number of halogens is 1. The average Bonchev–Trinajstić information content (AvgIpc) is 2.79. The van der Waals surface area contributed by atoms with Gasteiger partial charge in [0.25, 0.3) is 0 Å². The molecule has 34 heavy (non-hydrogen) atoms. The third kappa shape index (κ3) is 7.57. The summed E-state index contributed by atoms with van der Waals surface area (Å²) in [6.45, 7) is 8.59. The fourth-order valence-corrected chi connectivity index (χ4v) is 4.22. The third-order valence-electron chi connectivity index (χ3n) is 6.80. The van der Waals surface area contributed by atoms with Crippen molar-refractivity contribution in [2.24, 2.45) is 17.3 Å². The first-order chi connectivity index (χ1) is 15.9. The Bertz CT molecular complexity index is 896. The van der Waals surface area contributed by atoms with Crippen LogP contribution in [0.3, 0.4) is 0 Å². The highest BCUT2D eigenvalue weighted by Crippen LogP contribution is 2.32. The fraction of sp³-hybridized carbons (Fsp3) is 0.593. The van der Waals surface area contributed by atoms with Gasteiger partial charge in [0.05, 0.1) is 29.7 Å². The Morgan fingerprint density at radius 3 is 2.59 bits per heavy atom. The molecule has 0 aliphatic carbocycles. The molecule has 0 aromatic carbocycles. The van der Waals surface area contributed by atoms with Crippen LogP contribution in [0.2, 0.25) is 0 Å². The van der Waals surface area contributed by atoms with E-state index in [2.05, 4.69) is 4.98 Å². The SMILES string of the molecule is C/C1=C/C[C@@H](/C(F)=C/c2ccccn2)OC(=O)C[C@H](O)C(C)(C)C(=O)[C@H](C)[C@@H](O)[C@@H](C)CCC1. The van der Waals surface area contributed by atoms with Gasteiger partial charge in [0.2, 0.25) is 0 Å². The fourth-order valence-electron chi connectivity index (χ4n) is 4.22. The number of esters is 1. The van der Waals surface area contributed by atoms with E-state index in [1.807, 2.05) is 19.9 Å². The van der Waals surface area contributed by atoms with Crippen LogP contribution in [-0.4, -0.2) is 45.3 Å². The second-order valence-corrected chi connectivity index (χ2v) is 10.0. The minimum absolute atomic E-state index is 0.107. The highest BCUT2D eigenvalue weighted by atomic mass is 19.1. The maximum absolute atomic E-state index is 15.1. The number of aliphatic hydroxyl groups is 2. The number of rotatable bonds is 2. The summed E-state index contributed by atoms with van der Waals surface area (Å²) in [5.74, 6) is -2.58. The zero-order valence-electron chi connectivity index (χ0n) is 20.8. The molecule has 0 bridgehead atoms. The monoisotopic (exact) mass is 475 g/mol. The molecule has 1 aromatic rings. The van der Waals surface area contributed by atoms with Crippen molar-refractivity contribution in [1.29, 1.82) is 0 Å². The molecular weight excluding hydrogens is 437 g/mol. The number of nitrogens with zero attached hydrogens (tertiary/aromatic N) is 1. The van der Waals surface area contributed by atoms with Crippen molar-refractivity contribution in [2.75, 3.05) is 0 Å². The van der Waals surface area contributed by atoms with Crippen LogP contribution >= 0.6 is 0 Å². The van der Waals surface area contributed by atoms with Crippen molar-refractivity contribution < 1.29 is 28.9 Å². The van der Waals surface area contributed by atoms with E-state index in [9.17, 15) is 19.8 Å². The van der Waals surface area contributed by atoms with Crippen LogP contribution in [-0.2, 0) is 14.3 Å². The second-order valence-electron chi connectivity index (χ2n) is 10.0. The van der Waals surface area contributed by atoms with Gasteiger partial charge in [-0.3, -0.25) is 14.6 Å². The number of carbonyl (C=O) groups is 2. The summed E-state index contributed by atoms with van der Waals surface area (Å²) in [5.41, 5.74) is 0.132. The predicted octanol–water partition coefficient (Wildman–Crippen LogP) is 4.80. The van der Waals surface area contributed by atoms with Crippen LogP contribution in [0.15, 0.2) is 41.9 Å². The lowest BCUT2D eigenvalue weighted by Gasteiger charge is -2.34. The molecule has 7 heteroatoms. The number of allylic oxidation sites excluding steroid dienone is 1. The largest absolute Gasteiger partial charge is 0.455 e. The molecule has 2 N–H and O–H groups in total. The Kier molecular flexibility index (Phi) is 10.1. The maximum atomic E-state index is 15.1. The van der Waals surface area contributed by atoms with Crippen LogP contribution in [0.1, 0.15) is 72.4 Å². The summed E-state index contributed by atoms with van der Waals surface area (Å²) < 4.78 is 20.5. The van der Waals surface area contributed by atoms with Gasteiger partial charge in [-0.15, -0.1) is 0 Å². The molecular formula is C27H38FNO5. The van der Waals surface area contributed by atoms with Crippen LogP contribution < -0.4 is 0 Å². The number of hydrogen-bond donors (Lipinski definition) is 2. The molecule has 0 spiro atoms. The molecule has 1 aromatic heterocycles. The van der Waals surface area contributed by atoms with E-state index >= 15 is 4.39 Å². The van der Waals surface area contributed by atoms with Gasteiger partial charge in [-0.2, -0.15) is 0 Å². The van der Waals surface area contributed by atoms with Gasteiger partial charge in [-0.05, 0) is 50.3 Å². The maximum Gasteiger partial charge on any atom is 0.309 e. The molecule has 0 unspecified atom stereocenters. The molecule has 2 rings (SSSR count). The van der Waals surface area contributed by atoms with Crippen LogP contribution in [0.4, 0.5) is 4.39 Å². The molecule has 0 amide bonds. The lowest BCUT2D eigenvalue weighted by molar-refractivity contribution is -0.154. The second kappa shape index (κ2) is 12.4. The number of ether oxygens (including phenoxy) is 1. The Hall–Kier alpha value is -2.38. The van der Waals surface area contributed by atoms with Gasteiger partial charge in [-0.25, -0.2) is 4.39 Å². The van der Waals surface area contributed by atoms with Gasteiger partial charge >= 0.3 is 5.97 Å². The third-order valence-corrected chi connectivity index (χ3v) is 6.80. The summed E-state index contributed by atoms with van der Waals surface area (Å²) >= 11 is 0. The molecule has 188 valence electrons. The van der Waals surface area contributed by atoms with Gasteiger partial charge < -0.3 is 14.9 Å². The summed E-state index contributed by atoms with van der Waals surface area (Å²) in [6, 6.07) is 5.10. The number of aromatic nitrogens is 1. The summed E-state index contributed by atoms with van der Waals surface area (Å²) in [6.07, 6.45) is 3.21. The highest BCUT2D eigenvalue weighted by Gasteiger charge is 2.42. The van der Waals surface area contributed by atoms with E-state index in [0.717, 1.165) is 24.8 Å². The first-order valence-electron chi connectivity index (χ1n) is 12.0. The van der Waals surface area contributed by atoms with Crippen molar-refractivity contribution in [3.05, 3.63) is 47.6 Å². The Balaban J connectivity index is 2.33. The van der Waals surface area contributed by atoms with E-state index < -0.39 is 47.9 Å². The number of ketones is 1. The first-order valence-corrected chi connectivity index (χ1v) is 12.0. The Morgan fingerprint density at radius 1 is 1.24 bits per heavy atom. The van der Waals surface area contributed by atoms with E-state index in [-0.39, 0.29) is 18.1 Å². The van der Waals surface area contributed by atoms with Gasteiger partial charge in [0, 0.05) is 18.5 Å². The first kappa shape index (κ1) is 27.9. The smallest absolute Gasteiger partial charge is 0.309 e. The van der Waals surface area contributed by atoms with Crippen LogP contribution in [0, 0.1) is 17.3 Å². The summed E-state index contributed by atoms with van der Waals surface area (Å²) in [7, 11) is 0. The van der Waals surface area contributed by atoms with Crippen LogP contribution in [0.25, 0.3) is 6.08 Å². The number of Topliss-reactive ketones (excluding diaryl/α,β-unsaturated/α-hetero) is 1. The van der Waals surface area contributed by atoms with Gasteiger partial charge in [0.15, 0.2) is 6.10 Å². The molecule has 0 radical (unpaired) electrons. The van der Waals surface area contributed by atoms with Crippen molar-refractivity contribution >= 4 is 17.8 Å². The van der Waals surface area contributed by atoms with Gasteiger partial charge in [-0.1, -0.05) is 45.4 Å². The minimum atomic E-state index is -1.34. The molecule has 0 saturated heterocycles. The highest BCUT2D eigenvalue weighted by molar-refractivity contribution is 5.88. The normalized spacial score (nSPS) is 31.9. The van der Waals surface area contributed by atoms with Crippen molar-refractivity contribution in [3.63, 3.8) is 0 Å². The molecule has 6 nitrogen and oxygen atoms in total. The number of cyclic esters (lactones) is 1. The van der Waals surface area contributed by atoms with E-state index in [1.54, 1.807) is 45.2 Å².